The molecule has 4 nitrogen and oxygen atoms in total. The summed E-state index contributed by atoms with van der Waals surface area (Å²) in [6, 6.07) is 47.6. The summed E-state index contributed by atoms with van der Waals surface area (Å²) >= 11 is 1.80. The lowest BCUT2D eigenvalue weighted by atomic mass is 10.1. The van der Waals surface area contributed by atoms with Crippen LogP contribution in [0.15, 0.2) is 143 Å². The highest BCUT2D eigenvalue weighted by atomic mass is 32.2. The monoisotopic (exact) mass is 566 g/mol. The Kier molecular flexibility index (Phi) is 4.62. The van der Waals surface area contributed by atoms with Crippen molar-refractivity contribution in [3.8, 4) is 22.9 Å². The molecule has 5 heteroatoms. The molecule has 4 heterocycles. The van der Waals surface area contributed by atoms with Crippen molar-refractivity contribution in [1.82, 2.24) is 19.1 Å². The molecule has 10 rings (SSSR count). The predicted octanol–water partition coefficient (Wildman–Crippen LogP) is 9.96. The van der Waals surface area contributed by atoms with E-state index in [2.05, 4.69) is 143 Å². The van der Waals surface area contributed by atoms with Crippen molar-refractivity contribution >= 4 is 66.3 Å². The number of para-hydroxylation sites is 3. The van der Waals surface area contributed by atoms with Crippen molar-refractivity contribution in [1.29, 1.82) is 0 Å². The Balaban J connectivity index is 1.27. The van der Waals surface area contributed by atoms with E-state index in [1.54, 1.807) is 11.8 Å². The Morgan fingerprint density at radius 3 is 1.84 bits per heavy atom. The minimum absolute atomic E-state index is 0.692. The quantitative estimate of drug-likeness (QED) is 0.209. The maximum Gasteiger partial charge on any atom is 0.235 e. The topological polar surface area (TPSA) is 35.6 Å². The van der Waals surface area contributed by atoms with Crippen LogP contribution in [0.5, 0.6) is 0 Å². The maximum absolute atomic E-state index is 5.30. The molecule has 0 fully saturated rings. The van der Waals surface area contributed by atoms with E-state index < -0.39 is 0 Å². The highest BCUT2D eigenvalue weighted by Gasteiger charge is 2.24. The highest BCUT2D eigenvalue weighted by molar-refractivity contribution is 7.99. The molecule has 200 valence electrons. The van der Waals surface area contributed by atoms with Gasteiger partial charge in [-0.2, -0.15) is 0 Å². The Labute approximate surface area is 250 Å². The molecule has 0 unspecified atom stereocenters. The van der Waals surface area contributed by atoms with Crippen molar-refractivity contribution in [2.24, 2.45) is 0 Å². The van der Waals surface area contributed by atoms with Gasteiger partial charge in [0.2, 0.25) is 5.95 Å². The van der Waals surface area contributed by atoms with E-state index in [0.717, 1.165) is 38.9 Å². The van der Waals surface area contributed by atoms with Crippen LogP contribution in [0.2, 0.25) is 0 Å². The van der Waals surface area contributed by atoms with Crippen molar-refractivity contribution in [2.75, 3.05) is 0 Å². The molecule has 0 aliphatic carbocycles. The normalized spacial score (nSPS) is 12.6. The zero-order valence-corrected chi connectivity index (χ0v) is 23.7. The summed E-state index contributed by atoms with van der Waals surface area (Å²) in [4.78, 5) is 12.9. The summed E-state index contributed by atoms with van der Waals surface area (Å²) in [6.45, 7) is 0. The van der Waals surface area contributed by atoms with Gasteiger partial charge in [0.1, 0.15) is 0 Å². The zero-order chi connectivity index (χ0) is 28.1. The lowest BCUT2D eigenvalue weighted by Crippen LogP contribution is -2.05. The predicted molar refractivity (Wildman–Crippen MR) is 178 cm³/mol. The van der Waals surface area contributed by atoms with E-state index in [-0.39, 0.29) is 0 Å². The number of aromatic nitrogens is 4. The molecule has 6 aromatic carbocycles. The van der Waals surface area contributed by atoms with Crippen LogP contribution in [0.3, 0.4) is 0 Å². The van der Waals surface area contributed by atoms with Crippen LogP contribution < -0.4 is 0 Å². The number of hydrogen-bond acceptors (Lipinski definition) is 3. The Morgan fingerprint density at radius 1 is 0.465 bits per heavy atom. The second kappa shape index (κ2) is 8.57. The molecular formula is C38H22N4S. The summed E-state index contributed by atoms with van der Waals surface area (Å²) < 4.78 is 4.61. The number of benzene rings is 6. The molecule has 0 amide bonds. The molecule has 9 aromatic rings. The van der Waals surface area contributed by atoms with Crippen molar-refractivity contribution in [3.63, 3.8) is 0 Å². The molecule has 0 atom stereocenters. The average molecular weight is 567 g/mol. The molecular weight excluding hydrogens is 545 g/mol. The largest absolute Gasteiger partial charge is 0.309 e. The van der Waals surface area contributed by atoms with Gasteiger partial charge >= 0.3 is 0 Å². The summed E-state index contributed by atoms with van der Waals surface area (Å²) in [5.74, 6) is 0.692. The van der Waals surface area contributed by atoms with Gasteiger partial charge in [0, 0.05) is 48.0 Å². The van der Waals surface area contributed by atoms with E-state index in [1.807, 2.05) is 0 Å². The van der Waals surface area contributed by atoms with Crippen LogP contribution >= 0.6 is 11.8 Å². The fraction of sp³-hybridized carbons (Fsp3) is 0. The molecule has 1 aliphatic heterocycles. The van der Waals surface area contributed by atoms with E-state index in [1.165, 1.54) is 42.4 Å². The van der Waals surface area contributed by atoms with E-state index in [9.17, 15) is 0 Å². The van der Waals surface area contributed by atoms with Gasteiger partial charge < -0.3 is 4.57 Å². The highest BCUT2D eigenvalue weighted by Crippen LogP contribution is 2.47. The number of rotatable bonds is 2. The summed E-state index contributed by atoms with van der Waals surface area (Å²) in [5.41, 5.74) is 8.86. The molecule has 0 bridgehead atoms. The van der Waals surface area contributed by atoms with E-state index in [4.69, 9.17) is 9.97 Å². The molecule has 1 aliphatic rings. The van der Waals surface area contributed by atoms with Crippen molar-refractivity contribution in [2.45, 2.75) is 9.79 Å². The summed E-state index contributed by atoms with van der Waals surface area (Å²) in [5, 5.41) is 6.01. The third-order valence-electron chi connectivity index (χ3n) is 8.73. The minimum Gasteiger partial charge on any atom is -0.309 e. The number of nitrogens with zero attached hydrogens (tertiary/aromatic N) is 4. The lowest BCUT2D eigenvalue weighted by Gasteiger charge is -2.20. The van der Waals surface area contributed by atoms with Crippen LogP contribution in [0.25, 0.3) is 77.4 Å². The average Bonchev–Trinajstić information content (AvgIpc) is 3.57. The Morgan fingerprint density at radius 2 is 1.07 bits per heavy atom. The van der Waals surface area contributed by atoms with Crippen molar-refractivity contribution in [3.05, 3.63) is 133 Å². The molecule has 3 aromatic heterocycles. The van der Waals surface area contributed by atoms with Gasteiger partial charge in [-0.25, -0.2) is 9.97 Å². The van der Waals surface area contributed by atoms with Gasteiger partial charge in [0.05, 0.1) is 33.3 Å². The Hall–Kier alpha value is -5.39. The van der Waals surface area contributed by atoms with Gasteiger partial charge in [-0.3, -0.25) is 4.57 Å². The molecule has 0 saturated heterocycles. The van der Waals surface area contributed by atoms with Crippen molar-refractivity contribution < 1.29 is 0 Å². The standard InChI is InChI=1S/C38H22N4S/c1-5-15-30-24(10-1)25-11-2-6-16-31(25)41(30)23-20-21-33-28(22-23)26-12-3-7-17-32(26)42(33)38-39-29-14-9-19-35-36(29)37(40-38)27-13-4-8-18-34(27)43-35/h1-22H. The molecule has 43 heavy (non-hydrogen) atoms. The van der Waals surface area contributed by atoms with Crippen LogP contribution in [0.1, 0.15) is 0 Å². The molecule has 0 radical (unpaired) electrons. The van der Waals surface area contributed by atoms with Crippen LogP contribution in [-0.4, -0.2) is 19.1 Å². The smallest absolute Gasteiger partial charge is 0.235 e. The molecule has 0 N–H and O–H groups in total. The van der Waals surface area contributed by atoms with Gasteiger partial charge in [0.15, 0.2) is 0 Å². The third-order valence-corrected chi connectivity index (χ3v) is 9.87. The van der Waals surface area contributed by atoms with Gasteiger partial charge in [-0.05, 0) is 54.6 Å². The molecule has 0 spiro atoms. The first-order valence-corrected chi connectivity index (χ1v) is 15.3. The first-order valence-electron chi connectivity index (χ1n) is 14.4. The minimum atomic E-state index is 0.692. The van der Waals surface area contributed by atoms with Gasteiger partial charge in [0.25, 0.3) is 0 Å². The first kappa shape index (κ1) is 23.2. The number of fused-ring (bicyclic) bond motifs is 8. The second-order valence-electron chi connectivity index (χ2n) is 11.0. The zero-order valence-electron chi connectivity index (χ0n) is 22.9. The van der Waals surface area contributed by atoms with Gasteiger partial charge in [-0.15, -0.1) is 0 Å². The van der Waals surface area contributed by atoms with E-state index >= 15 is 0 Å². The fourth-order valence-corrected chi connectivity index (χ4v) is 8.01. The van der Waals surface area contributed by atoms with Gasteiger partial charge in [-0.1, -0.05) is 90.6 Å². The first-order chi connectivity index (χ1) is 21.3. The maximum atomic E-state index is 5.30. The lowest BCUT2D eigenvalue weighted by molar-refractivity contribution is 1.01. The summed E-state index contributed by atoms with van der Waals surface area (Å²) in [7, 11) is 0. The number of hydrogen-bond donors (Lipinski definition) is 0. The van der Waals surface area contributed by atoms with E-state index in [0.29, 0.717) is 5.95 Å². The fourth-order valence-electron chi connectivity index (χ4n) is 6.91. The van der Waals surface area contributed by atoms with Crippen LogP contribution in [0, 0.1) is 0 Å². The Bertz CT molecular complexity index is 2560. The molecule has 0 saturated carbocycles. The van der Waals surface area contributed by atoms with Crippen LogP contribution in [-0.2, 0) is 0 Å². The summed E-state index contributed by atoms with van der Waals surface area (Å²) in [6.07, 6.45) is 0. The SMILES string of the molecule is c1ccc2c(c1)Sc1cccc3nc(-n4c5ccccc5c5cc(-n6c7ccccc7c7ccccc76)ccc54)nc-2c13. The second-order valence-corrected chi connectivity index (χ2v) is 12.1. The van der Waals surface area contributed by atoms with Crippen LogP contribution in [0.4, 0.5) is 0 Å². The third kappa shape index (κ3) is 3.17.